The monoisotopic (exact) mass is 349 g/mol. The Morgan fingerprint density at radius 3 is 2.35 bits per heavy atom. The Kier molecular flexibility index (Phi) is 4.00. The molecule has 0 unspecified atom stereocenters. The molecule has 0 N–H and O–H groups in total. The number of hydrogen-bond acceptors (Lipinski definition) is 2. The number of sulfone groups is 1. The smallest absolute Gasteiger partial charge is 0.175 e. The van der Waals surface area contributed by atoms with Gasteiger partial charge < -0.3 is 4.57 Å². The SMILES string of the molecule is CS(=O)(=O)c1ccc(-n2cccc2-c2ccc(F)c(Cl)c2)cc1. The predicted molar refractivity (Wildman–Crippen MR) is 89.3 cm³/mol. The van der Waals surface area contributed by atoms with Crippen molar-refractivity contribution in [3.8, 4) is 16.9 Å². The van der Waals surface area contributed by atoms with E-state index in [9.17, 15) is 12.8 Å². The summed E-state index contributed by atoms with van der Waals surface area (Å²) < 4.78 is 38.3. The summed E-state index contributed by atoms with van der Waals surface area (Å²) in [5, 5.41) is 0.0580. The van der Waals surface area contributed by atoms with Crippen LogP contribution in [-0.2, 0) is 9.84 Å². The molecule has 23 heavy (non-hydrogen) atoms. The van der Waals surface area contributed by atoms with E-state index in [0.29, 0.717) is 0 Å². The van der Waals surface area contributed by atoms with Crippen LogP contribution in [0, 0.1) is 5.82 Å². The van der Waals surface area contributed by atoms with Crippen LogP contribution in [-0.4, -0.2) is 19.2 Å². The molecule has 0 amide bonds. The molecule has 0 spiro atoms. The van der Waals surface area contributed by atoms with E-state index in [4.69, 9.17) is 11.6 Å². The fourth-order valence-corrected chi connectivity index (χ4v) is 3.16. The Labute approximate surface area is 138 Å². The number of rotatable bonds is 3. The highest BCUT2D eigenvalue weighted by atomic mass is 35.5. The summed E-state index contributed by atoms with van der Waals surface area (Å²) in [5.41, 5.74) is 2.41. The van der Waals surface area contributed by atoms with Gasteiger partial charge in [-0.05, 0) is 54.6 Å². The van der Waals surface area contributed by atoms with Gasteiger partial charge in [0.2, 0.25) is 0 Å². The standard InChI is InChI=1S/C17H13ClFNO2S/c1-23(21,22)14-7-5-13(6-8-14)20-10-2-3-17(20)12-4-9-16(19)15(18)11-12/h2-11H,1H3. The lowest BCUT2D eigenvalue weighted by Gasteiger charge is -2.11. The van der Waals surface area contributed by atoms with Crippen LogP contribution in [0.2, 0.25) is 5.02 Å². The maximum absolute atomic E-state index is 13.3. The van der Waals surface area contributed by atoms with Gasteiger partial charge in [0.15, 0.2) is 9.84 Å². The topological polar surface area (TPSA) is 39.1 Å². The lowest BCUT2D eigenvalue weighted by Crippen LogP contribution is -1.99. The van der Waals surface area contributed by atoms with Gasteiger partial charge in [0.05, 0.1) is 15.6 Å². The van der Waals surface area contributed by atoms with E-state index in [1.165, 1.54) is 12.3 Å². The Morgan fingerprint density at radius 1 is 1.04 bits per heavy atom. The Balaban J connectivity index is 2.05. The molecular weight excluding hydrogens is 337 g/mol. The maximum atomic E-state index is 13.3. The van der Waals surface area contributed by atoms with E-state index >= 15 is 0 Å². The second kappa shape index (κ2) is 5.83. The van der Waals surface area contributed by atoms with Gasteiger partial charge in [-0.2, -0.15) is 0 Å². The number of hydrogen-bond donors (Lipinski definition) is 0. The van der Waals surface area contributed by atoms with Crippen LogP contribution in [0.1, 0.15) is 0 Å². The molecule has 0 saturated carbocycles. The fraction of sp³-hybridized carbons (Fsp3) is 0.0588. The van der Waals surface area contributed by atoms with Gasteiger partial charge in [-0.3, -0.25) is 0 Å². The van der Waals surface area contributed by atoms with Gasteiger partial charge in [-0.25, -0.2) is 12.8 Å². The predicted octanol–water partition coefficient (Wildman–Crippen LogP) is 4.34. The van der Waals surface area contributed by atoms with Crippen molar-refractivity contribution < 1.29 is 12.8 Å². The summed E-state index contributed by atoms with van der Waals surface area (Å²) in [7, 11) is -3.23. The number of nitrogens with zero attached hydrogens (tertiary/aromatic N) is 1. The third-order valence-electron chi connectivity index (χ3n) is 3.51. The minimum absolute atomic E-state index is 0.0580. The summed E-state index contributed by atoms with van der Waals surface area (Å²) in [6.07, 6.45) is 3.02. The van der Waals surface area contributed by atoms with Crippen LogP contribution in [0.15, 0.2) is 65.7 Å². The van der Waals surface area contributed by atoms with Crippen LogP contribution in [0.5, 0.6) is 0 Å². The lowest BCUT2D eigenvalue weighted by molar-refractivity contribution is 0.602. The summed E-state index contributed by atoms with van der Waals surface area (Å²) in [6.45, 7) is 0. The zero-order chi connectivity index (χ0) is 16.6. The molecule has 3 aromatic rings. The molecule has 2 aromatic carbocycles. The second-order valence-corrected chi connectivity index (χ2v) is 7.58. The van der Waals surface area contributed by atoms with E-state index in [-0.39, 0.29) is 9.92 Å². The normalized spacial score (nSPS) is 11.6. The average Bonchev–Trinajstić information content (AvgIpc) is 2.99. The number of halogens is 2. The van der Waals surface area contributed by atoms with E-state index in [1.807, 2.05) is 22.9 Å². The molecule has 0 aliphatic heterocycles. The van der Waals surface area contributed by atoms with Crippen molar-refractivity contribution in [1.29, 1.82) is 0 Å². The first-order valence-electron chi connectivity index (χ1n) is 6.79. The highest BCUT2D eigenvalue weighted by Crippen LogP contribution is 2.28. The number of benzene rings is 2. The summed E-state index contributed by atoms with van der Waals surface area (Å²) >= 11 is 5.85. The van der Waals surface area contributed by atoms with Gasteiger partial charge in [0.25, 0.3) is 0 Å². The highest BCUT2D eigenvalue weighted by molar-refractivity contribution is 7.90. The van der Waals surface area contributed by atoms with Crippen LogP contribution in [0.25, 0.3) is 16.9 Å². The zero-order valence-electron chi connectivity index (χ0n) is 12.2. The van der Waals surface area contributed by atoms with Crippen molar-refractivity contribution in [3.05, 3.63) is 71.6 Å². The van der Waals surface area contributed by atoms with E-state index < -0.39 is 15.7 Å². The first-order valence-corrected chi connectivity index (χ1v) is 9.06. The molecule has 0 fully saturated rings. The highest BCUT2D eigenvalue weighted by Gasteiger charge is 2.10. The van der Waals surface area contributed by atoms with Gasteiger partial charge in [0.1, 0.15) is 5.82 Å². The summed E-state index contributed by atoms with van der Waals surface area (Å²) in [4.78, 5) is 0.264. The van der Waals surface area contributed by atoms with Crippen molar-refractivity contribution in [3.63, 3.8) is 0 Å². The van der Waals surface area contributed by atoms with Crippen LogP contribution >= 0.6 is 11.6 Å². The second-order valence-electron chi connectivity index (χ2n) is 5.16. The molecule has 3 nitrogen and oxygen atoms in total. The molecule has 0 atom stereocenters. The molecule has 0 radical (unpaired) electrons. The summed E-state index contributed by atoms with van der Waals surface area (Å²) in [5.74, 6) is -0.467. The van der Waals surface area contributed by atoms with Crippen molar-refractivity contribution in [2.45, 2.75) is 4.90 Å². The quantitative estimate of drug-likeness (QED) is 0.705. The average molecular weight is 350 g/mol. The first kappa shape index (κ1) is 15.8. The van der Waals surface area contributed by atoms with Crippen molar-refractivity contribution >= 4 is 21.4 Å². The molecular formula is C17H13ClFNO2S. The molecule has 3 rings (SSSR count). The maximum Gasteiger partial charge on any atom is 0.175 e. The third-order valence-corrected chi connectivity index (χ3v) is 4.93. The van der Waals surface area contributed by atoms with Crippen molar-refractivity contribution in [2.75, 3.05) is 6.26 Å². The Morgan fingerprint density at radius 2 is 1.74 bits per heavy atom. The van der Waals surface area contributed by atoms with Gasteiger partial charge >= 0.3 is 0 Å². The molecule has 0 bridgehead atoms. The molecule has 118 valence electrons. The molecule has 6 heteroatoms. The largest absolute Gasteiger partial charge is 0.317 e. The molecule has 0 aliphatic carbocycles. The van der Waals surface area contributed by atoms with Crippen molar-refractivity contribution in [2.24, 2.45) is 0 Å². The number of aromatic nitrogens is 1. The van der Waals surface area contributed by atoms with E-state index in [0.717, 1.165) is 16.9 Å². The molecule has 0 saturated heterocycles. The third kappa shape index (κ3) is 3.16. The summed E-state index contributed by atoms with van der Waals surface area (Å²) in [6, 6.07) is 14.9. The van der Waals surface area contributed by atoms with Gasteiger partial charge in [-0.15, -0.1) is 0 Å². The zero-order valence-corrected chi connectivity index (χ0v) is 13.8. The minimum Gasteiger partial charge on any atom is -0.317 e. The van der Waals surface area contributed by atoms with Crippen molar-refractivity contribution in [1.82, 2.24) is 4.57 Å². The van der Waals surface area contributed by atoms with Crippen LogP contribution < -0.4 is 0 Å². The Bertz CT molecular complexity index is 963. The lowest BCUT2D eigenvalue weighted by atomic mass is 10.1. The van der Waals surface area contributed by atoms with Crippen LogP contribution in [0.4, 0.5) is 4.39 Å². The fourth-order valence-electron chi connectivity index (χ4n) is 2.35. The van der Waals surface area contributed by atoms with Gasteiger partial charge in [-0.1, -0.05) is 11.6 Å². The van der Waals surface area contributed by atoms with Gasteiger partial charge in [0, 0.05) is 23.7 Å². The first-order chi connectivity index (χ1) is 10.9. The molecule has 0 aliphatic rings. The van der Waals surface area contributed by atoms with E-state index in [1.54, 1.807) is 36.4 Å². The molecule has 1 heterocycles. The minimum atomic E-state index is -3.23. The van der Waals surface area contributed by atoms with E-state index in [2.05, 4.69) is 0 Å². The van der Waals surface area contributed by atoms with Crippen LogP contribution in [0.3, 0.4) is 0 Å². The Hall–Kier alpha value is -2.11. The molecule has 1 aromatic heterocycles.